The Labute approximate surface area is 92.6 Å². The lowest BCUT2D eigenvalue weighted by atomic mass is 10.1. The van der Waals surface area contributed by atoms with Gasteiger partial charge in [-0.25, -0.2) is 0 Å². The molecule has 2 N–H and O–H groups in total. The molecular weight excluding hydrogens is 204 g/mol. The van der Waals surface area contributed by atoms with Gasteiger partial charge < -0.3 is 5.73 Å². The molecule has 2 rings (SSSR count). The maximum Gasteiger partial charge on any atom is 0.110 e. The molecular formula is C12H10N2S. The minimum Gasteiger partial charge on any atom is -0.398 e. The fourth-order valence-electron chi connectivity index (χ4n) is 1.43. The molecule has 3 heteroatoms. The summed E-state index contributed by atoms with van der Waals surface area (Å²) in [5.74, 6) is 0. The van der Waals surface area contributed by atoms with E-state index in [0.29, 0.717) is 4.88 Å². The molecule has 0 aliphatic heterocycles. The van der Waals surface area contributed by atoms with Gasteiger partial charge in [-0.2, -0.15) is 5.26 Å². The van der Waals surface area contributed by atoms with Gasteiger partial charge in [-0.1, -0.05) is 11.6 Å². The third kappa shape index (κ3) is 1.85. The maximum atomic E-state index is 8.75. The van der Waals surface area contributed by atoms with Gasteiger partial charge in [0.1, 0.15) is 10.9 Å². The minimum atomic E-state index is 0.714. The van der Waals surface area contributed by atoms with E-state index in [1.54, 1.807) is 0 Å². The van der Waals surface area contributed by atoms with E-state index < -0.39 is 0 Å². The summed E-state index contributed by atoms with van der Waals surface area (Å²) in [6.07, 6.45) is 0. The summed E-state index contributed by atoms with van der Waals surface area (Å²) in [6, 6.07) is 11.8. The number of rotatable bonds is 1. The largest absolute Gasteiger partial charge is 0.398 e. The SMILES string of the molecule is Cc1ccc(N)c(-c2ccc(C#N)s2)c1. The minimum absolute atomic E-state index is 0.714. The van der Waals surface area contributed by atoms with Crippen molar-refractivity contribution in [3.63, 3.8) is 0 Å². The maximum absolute atomic E-state index is 8.75. The first-order chi connectivity index (χ1) is 7.20. The van der Waals surface area contributed by atoms with E-state index in [9.17, 15) is 0 Å². The molecule has 0 amide bonds. The molecule has 74 valence electrons. The number of nitrogens with zero attached hydrogens (tertiary/aromatic N) is 1. The molecule has 1 aromatic heterocycles. The molecule has 2 nitrogen and oxygen atoms in total. The lowest BCUT2D eigenvalue weighted by molar-refractivity contribution is 1.48. The highest BCUT2D eigenvalue weighted by molar-refractivity contribution is 7.16. The Hall–Kier alpha value is -1.79. The van der Waals surface area contributed by atoms with Crippen molar-refractivity contribution in [1.82, 2.24) is 0 Å². The number of nitriles is 1. The van der Waals surface area contributed by atoms with Crippen molar-refractivity contribution in [2.75, 3.05) is 5.73 Å². The Bertz CT molecular complexity index is 535. The van der Waals surface area contributed by atoms with Gasteiger partial charge in [0, 0.05) is 16.1 Å². The van der Waals surface area contributed by atoms with Crippen LogP contribution in [0.4, 0.5) is 5.69 Å². The van der Waals surface area contributed by atoms with Crippen molar-refractivity contribution in [2.45, 2.75) is 6.92 Å². The molecule has 1 heterocycles. The number of hydrogen-bond donors (Lipinski definition) is 1. The molecule has 0 atom stereocenters. The van der Waals surface area contributed by atoms with Gasteiger partial charge in [0.2, 0.25) is 0 Å². The molecule has 15 heavy (non-hydrogen) atoms. The van der Waals surface area contributed by atoms with E-state index in [0.717, 1.165) is 16.1 Å². The molecule has 0 spiro atoms. The van der Waals surface area contributed by atoms with E-state index in [2.05, 4.69) is 6.07 Å². The average Bonchev–Trinajstić information content (AvgIpc) is 2.70. The van der Waals surface area contributed by atoms with Crippen molar-refractivity contribution in [1.29, 1.82) is 5.26 Å². The highest BCUT2D eigenvalue weighted by Gasteiger charge is 2.05. The zero-order valence-electron chi connectivity index (χ0n) is 8.32. The van der Waals surface area contributed by atoms with E-state index >= 15 is 0 Å². The quantitative estimate of drug-likeness (QED) is 0.741. The Morgan fingerprint density at radius 1 is 1.27 bits per heavy atom. The summed E-state index contributed by atoms with van der Waals surface area (Å²) < 4.78 is 0. The van der Waals surface area contributed by atoms with Gasteiger partial charge in [0.15, 0.2) is 0 Å². The van der Waals surface area contributed by atoms with E-state index in [1.165, 1.54) is 16.9 Å². The molecule has 0 aliphatic carbocycles. The molecule has 0 bridgehead atoms. The second-order valence-electron chi connectivity index (χ2n) is 3.37. The van der Waals surface area contributed by atoms with Crippen molar-refractivity contribution in [3.05, 3.63) is 40.8 Å². The Morgan fingerprint density at radius 2 is 2.07 bits per heavy atom. The van der Waals surface area contributed by atoms with Gasteiger partial charge in [-0.3, -0.25) is 0 Å². The summed E-state index contributed by atoms with van der Waals surface area (Å²) in [4.78, 5) is 1.76. The topological polar surface area (TPSA) is 49.8 Å². The van der Waals surface area contributed by atoms with Crippen LogP contribution in [0.3, 0.4) is 0 Å². The van der Waals surface area contributed by atoms with Gasteiger partial charge in [0.25, 0.3) is 0 Å². The van der Waals surface area contributed by atoms with Crippen LogP contribution in [0.2, 0.25) is 0 Å². The lowest BCUT2D eigenvalue weighted by Gasteiger charge is -2.03. The number of thiophene rings is 1. The summed E-state index contributed by atoms with van der Waals surface area (Å²) in [5.41, 5.74) is 8.84. The van der Waals surface area contributed by atoms with Crippen molar-refractivity contribution < 1.29 is 0 Å². The van der Waals surface area contributed by atoms with Gasteiger partial charge in [0.05, 0.1) is 0 Å². The Kier molecular flexibility index (Phi) is 2.44. The van der Waals surface area contributed by atoms with Crippen LogP contribution in [0.15, 0.2) is 30.3 Å². The zero-order valence-corrected chi connectivity index (χ0v) is 9.14. The predicted molar refractivity (Wildman–Crippen MR) is 63.6 cm³/mol. The summed E-state index contributed by atoms with van der Waals surface area (Å²) in [7, 11) is 0. The van der Waals surface area contributed by atoms with Crippen LogP contribution in [0.5, 0.6) is 0 Å². The second kappa shape index (κ2) is 3.76. The monoisotopic (exact) mass is 214 g/mol. The molecule has 2 aromatic rings. The fraction of sp³-hybridized carbons (Fsp3) is 0.0833. The predicted octanol–water partition coefficient (Wildman–Crippen LogP) is 3.18. The molecule has 1 aromatic carbocycles. The number of hydrogen-bond acceptors (Lipinski definition) is 3. The molecule has 0 unspecified atom stereocenters. The summed E-state index contributed by atoms with van der Waals surface area (Å²) in [6.45, 7) is 2.03. The molecule has 0 saturated heterocycles. The van der Waals surface area contributed by atoms with Gasteiger partial charge in [-0.15, -0.1) is 11.3 Å². The highest BCUT2D eigenvalue weighted by atomic mass is 32.1. The number of nitrogen functional groups attached to an aromatic ring is 1. The van der Waals surface area contributed by atoms with Crippen LogP contribution in [-0.2, 0) is 0 Å². The first-order valence-corrected chi connectivity index (χ1v) is 5.39. The fourth-order valence-corrected chi connectivity index (χ4v) is 2.27. The third-order valence-corrected chi connectivity index (χ3v) is 3.21. The van der Waals surface area contributed by atoms with Crippen LogP contribution in [0.1, 0.15) is 10.4 Å². The first-order valence-electron chi connectivity index (χ1n) is 4.57. The normalized spacial score (nSPS) is 9.87. The molecule has 0 aliphatic rings. The molecule has 0 radical (unpaired) electrons. The number of nitrogens with two attached hydrogens (primary N) is 1. The lowest BCUT2D eigenvalue weighted by Crippen LogP contribution is -1.88. The van der Waals surface area contributed by atoms with Crippen LogP contribution in [0, 0.1) is 18.3 Å². The standard InChI is InChI=1S/C12H10N2S/c1-8-2-4-11(14)10(6-8)12-5-3-9(7-13)15-12/h2-6H,14H2,1H3. The number of aryl methyl sites for hydroxylation is 1. The Balaban J connectivity index is 2.54. The van der Waals surface area contributed by atoms with Gasteiger partial charge >= 0.3 is 0 Å². The molecule has 0 fully saturated rings. The summed E-state index contributed by atoms with van der Waals surface area (Å²) in [5, 5.41) is 8.75. The van der Waals surface area contributed by atoms with Crippen molar-refractivity contribution in [3.8, 4) is 16.5 Å². The van der Waals surface area contributed by atoms with E-state index in [-0.39, 0.29) is 0 Å². The molecule has 0 saturated carbocycles. The van der Waals surface area contributed by atoms with Crippen molar-refractivity contribution >= 4 is 17.0 Å². The van der Waals surface area contributed by atoms with Crippen LogP contribution in [-0.4, -0.2) is 0 Å². The Morgan fingerprint density at radius 3 is 2.73 bits per heavy atom. The van der Waals surface area contributed by atoms with Crippen LogP contribution < -0.4 is 5.73 Å². The number of anilines is 1. The summed E-state index contributed by atoms with van der Waals surface area (Å²) >= 11 is 1.47. The van der Waals surface area contributed by atoms with Gasteiger partial charge in [-0.05, 0) is 31.2 Å². The van der Waals surface area contributed by atoms with Crippen molar-refractivity contribution in [2.24, 2.45) is 0 Å². The zero-order chi connectivity index (χ0) is 10.8. The smallest absolute Gasteiger partial charge is 0.110 e. The van der Waals surface area contributed by atoms with Crippen LogP contribution >= 0.6 is 11.3 Å². The second-order valence-corrected chi connectivity index (χ2v) is 4.45. The van der Waals surface area contributed by atoms with E-state index in [1.807, 2.05) is 37.3 Å². The van der Waals surface area contributed by atoms with Crippen LogP contribution in [0.25, 0.3) is 10.4 Å². The first kappa shape index (κ1) is 9.75. The number of benzene rings is 1. The average molecular weight is 214 g/mol. The van der Waals surface area contributed by atoms with E-state index in [4.69, 9.17) is 11.0 Å². The third-order valence-electron chi connectivity index (χ3n) is 2.19. The highest BCUT2D eigenvalue weighted by Crippen LogP contribution is 2.32.